The maximum absolute atomic E-state index is 13.3. The Balaban J connectivity index is 2.25. The Kier molecular flexibility index (Phi) is 9.55. The molecular weight excluding hydrogens is 458 g/mol. The normalized spacial score (nSPS) is 15.7. The molecule has 1 heterocycles. The maximum Gasteiger partial charge on any atom is 0.336 e. The minimum atomic E-state index is -1.32. The molecule has 0 aromatic heterocycles. The van der Waals surface area contributed by atoms with Gasteiger partial charge in [0.25, 0.3) is 0 Å². The Labute approximate surface area is 202 Å². The van der Waals surface area contributed by atoms with Crippen LogP contribution in [0.25, 0.3) is 0 Å². The van der Waals surface area contributed by atoms with Gasteiger partial charge in [-0.25, -0.2) is 4.79 Å². The Hall–Kier alpha value is -4.16. The monoisotopic (exact) mass is 489 g/mol. The van der Waals surface area contributed by atoms with Gasteiger partial charge in [-0.2, -0.15) is 0 Å². The van der Waals surface area contributed by atoms with Gasteiger partial charge in [0.05, 0.1) is 18.2 Å². The van der Waals surface area contributed by atoms with Crippen LogP contribution < -0.4 is 27.8 Å². The van der Waals surface area contributed by atoms with E-state index in [0.29, 0.717) is 25.8 Å². The number of anilines is 1. The largest absolute Gasteiger partial charge is 0.478 e. The number of carboxylic acid groups (broad SMARTS) is 1. The highest BCUT2D eigenvalue weighted by molar-refractivity contribution is 6.10. The van der Waals surface area contributed by atoms with E-state index < -0.39 is 35.7 Å². The number of carbonyl (C=O) groups is 5. The number of aliphatic imine (C=N–C) groups is 1. The number of hydrogen-bond donors (Lipinski definition) is 6. The fourth-order valence-electron chi connectivity index (χ4n) is 3.82. The third kappa shape index (κ3) is 7.69. The topological polar surface area (TPSA) is 223 Å². The lowest BCUT2D eigenvalue weighted by Gasteiger charge is -2.26. The van der Waals surface area contributed by atoms with E-state index in [0.717, 1.165) is 0 Å². The first-order valence-electron chi connectivity index (χ1n) is 11.1. The zero-order valence-electron chi connectivity index (χ0n) is 19.5. The summed E-state index contributed by atoms with van der Waals surface area (Å²) in [5.74, 6) is -3.43. The van der Waals surface area contributed by atoms with Crippen molar-refractivity contribution in [3.8, 4) is 0 Å². The molecule has 190 valence electrons. The summed E-state index contributed by atoms with van der Waals surface area (Å²) in [4.78, 5) is 66.9. The number of nitrogens with one attached hydrogen (secondary N) is 2. The fraction of sp³-hybridized carbons (Fsp3) is 0.455. The SMILES string of the molecule is CC(=O)NCC(=O)N1CCC[C@H]1C(=O)N[C@@H](CCCN=C(N)N)C(=O)c1cc(N)ccc1C(=O)O. The second-order valence-corrected chi connectivity index (χ2v) is 8.14. The van der Waals surface area contributed by atoms with Crippen LogP contribution in [-0.4, -0.2) is 77.2 Å². The molecule has 35 heavy (non-hydrogen) atoms. The molecule has 0 bridgehead atoms. The van der Waals surface area contributed by atoms with Gasteiger partial charge in [0.15, 0.2) is 11.7 Å². The summed E-state index contributed by atoms with van der Waals surface area (Å²) >= 11 is 0. The van der Waals surface area contributed by atoms with Crippen LogP contribution in [0.15, 0.2) is 23.2 Å². The summed E-state index contributed by atoms with van der Waals surface area (Å²) in [6.45, 7) is 1.56. The van der Waals surface area contributed by atoms with Gasteiger partial charge >= 0.3 is 5.97 Å². The third-order valence-corrected chi connectivity index (χ3v) is 5.48. The molecule has 9 N–H and O–H groups in total. The van der Waals surface area contributed by atoms with Crippen LogP contribution in [0.3, 0.4) is 0 Å². The van der Waals surface area contributed by atoms with Crippen molar-refractivity contribution in [3.63, 3.8) is 0 Å². The van der Waals surface area contributed by atoms with Gasteiger partial charge in [-0.15, -0.1) is 0 Å². The zero-order chi connectivity index (χ0) is 26.1. The molecule has 2 rings (SSSR count). The lowest BCUT2D eigenvalue weighted by Crippen LogP contribution is -2.52. The number of nitrogen functional groups attached to an aromatic ring is 1. The minimum absolute atomic E-state index is 0.113. The highest BCUT2D eigenvalue weighted by Crippen LogP contribution is 2.20. The van der Waals surface area contributed by atoms with Crippen molar-refractivity contribution in [1.29, 1.82) is 0 Å². The van der Waals surface area contributed by atoms with E-state index in [1.165, 1.54) is 30.0 Å². The molecule has 13 heteroatoms. The van der Waals surface area contributed by atoms with Crippen LogP contribution in [0.2, 0.25) is 0 Å². The number of guanidine groups is 1. The number of hydrogen-bond acceptors (Lipinski definition) is 7. The number of ketones is 1. The Morgan fingerprint density at radius 1 is 1.20 bits per heavy atom. The Morgan fingerprint density at radius 3 is 2.54 bits per heavy atom. The fourth-order valence-corrected chi connectivity index (χ4v) is 3.82. The average Bonchev–Trinajstić information content (AvgIpc) is 3.28. The van der Waals surface area contributed by atoms with Crippen LogP contribution >= 0.6 is 0 Å². The van der Waals surface area contributed by atoms with Crippen LogP contribution in [-0.2, 0) is 14.4 Å². The van der Waals surface area contributed by atoms with Gasteiger partial charge < -0.3 is 37.8 Å². The number of likely N-dealkylation sites (tertiary alicyclic amines) is 1. The van der Waals surface area contributed by atoms with Crippen molar-refractivity contribution in [2.45, 2.75) is 44.7 Å². The smallest absolute Gasteiger partial charge is 0.336 e. The molecule has 1 saturated heterocycles. The van der Waals surface area contributed by atoms with Gasteiger partial charge in [0.1, 0.15) is 6.04 Å². The quantitative estimate of drug-likeness (QED) is 0.0722. The molecule has 0 radical (unpaired) electrons. The molecular formula is C22H31N7O6. The van der Waals surface area contributed by atoms with Gasteiger partial charge in [-0.1, -0.05) is 0 Å². The van der Waals surface area contributed by atoms with Gasteiger partial charge in [-0.05, 0) is 43.9 Å². The molecule has 1 aliphatic heterocycles. The highest BCUT2D eigenvalue weighted by atomic mass is 16.4. The third-order valence-electron chi connectivity index (χ3n) is 5.48. The second kappa shape index (κ2) is 12.3. The van der Waals surface area contributed by atoms with Crippen molar-refractivity contribution in [2.75, 3.05) is 25.4 Å². The van der Waals surface area contributed by atoms with E-state index in [-0.39, 0.29) is 48.2 Å². The molecule has 1 fully saturated rings. The molecule has 1 aromatic rings. The molecule has 0 unspecified atom stereocenters. The molecule has 1 aliphatic rings. The van der Waals surface area contributed by atoms with Crippen LogP contribution in [0.4, 0.5) is 5.69 Å². The summed E-state index contributed by atoms with van der Waals surface area (Å²) in [5, 5.41) is 14.6. The molecule has 2 atom stereocenters. The number of carbonyl (C=O) groups excluding carboxylic acids is 4. The summed E-state index contributed by atoms with van der Waals surface area (Å²) in [6, 6.07) is 1.90. The standard InChI is InChI=1S/C22H31N7O6/c1-12(30)27-11-18(31)29-9-3-5-17(29)20(33)28-16(4-2-8-26-22(24)25)19(32)15-10-13(23)6-7-14(15)21(34)35/h6-7,10,16-17H,2-5,8-9,11,23H2,1H3,(H,27,30)(H,28,33)(H,34,35)(H4,24,25,26)/t16-,17-/m0/s1. The van der Waals surface area contributed by atoms with E-state index >= 15 is 0 Å². The number of Topliss-reactive ketones (excluding diaryl/α,β-unsaturated/α-hetero) is 1. The molecule has 13 nitrogen and oxygen atoms in total. The van der Waals surface area contributed by atoms with Gasteiger partial charge in [-0.3, -0.25) is 24.2 Å². The second-order valence-electron chi connectivity index (χ2n) is 8.14. The molecule has 0 saturated carbocycles. The number of aromatic carboxylic acids is 1. The van der Waals surface area contributed by atoms with Crippen LogP contribution in [0.1, 0.15) is 53.3 Å². The number of amides is 3. The summed E-state index contributed by atoms with van der Waals surface area (Å²) < 4.78 is 0. The van der Waals surface area contributed by atoms with E-state index in [4.69, 9.17) is 17.2 Å². The first-order valence-corrected chi connectivity index (χ1v) is 11.1. The number of benzene rings is 1. The lowest BCUT2D eigenvalue weighted by atomic mass is 9.95. The summed E-state index contributed by atoms with van der Waals surface area (Å²) in [6.07, 6.45) is 1.38. The Bertz CT molecular complexity index is 1020. The lowest BCUT2D eigenvalue weighted by molar-refractivity contribution is -0.138. The minimum Gasteiger partial charge on any atom is -0.478 e. The van der Waals surface area contributed by atoms with Crippen molar-refractivity contribution in [1.82, 2.24) is 15.5 Å². The summed E-state index contributed by atoms with van der Waals surface area (Å²) in [7, 11) is 0. The molecule has 0 aliphatic carbocycles. The Morgan fingerprint density at radius 2 is 1.91 bits per heavy atom. The van der Waals surface area contributed by atoms with Gasteiger partial charge in [0, 0.05) is 31.3 Å². The number of nitrogens with zero attached hydrogens (tertiary/aromatic N) is 2. The van der Waals surface area contributed by atoms with Crippen LogP contribution in [0.5, 0.6) is 0 Å². The average molecular weight is 490 g/mol. The summed E-state index contributed by atoms with van der Waals surface area (Å²) in [5.41, 5.74) is 16.2. The van der Waals surface area contributed by atoms with Crippen molar-refractivity contribution >= 4 is 41.1 Å². The van der Waals surface area contributed by atoms with Gasteiger partial charge in [0.2, 0.25) is 17.7 Å². The predicted octanol–water partition coefficient (Wildman–Crippen LogP) is -1.18. The number of carboxylic acids is 1. The maximum atomic E-state index is 13.3. The zero-order valence-corrected chi connectivity index (χ0v) is 19.5. The van der Waals surface area contributed by atoms with E-state index in [9.17, 15) is 29.1 Å². The van der Waals surface area contributed by atoms with Crippen molar-refractivity contribution < 1.29 is 29.1 Å². The van der Waals surface area contributed by atoms with E-state index in [1.807, 2.05) is 0 Å². The number of rotatable bonds is 11. The first kappa shape index (κ1) is 27.1. The van der Waals surface area contributed by atoms with Crippen LogP contribution in [0, 0.1) is 0 Å². The first-order chi connectivity index (χ1) is 16.5. The molecule has 1 aromatic carbocycles. The van der Waals surface area contributed by atoms with E-state index in [1.54, 1.807) is 0 Å². The molecule has 3 amide bonds. The highest BCUT2D eigenvalue weighted by Gasteiger charge is 2.36. The van der Waals surface area contributed by atoms with E-state index in [2.05, 4.69) is 15.6 Å². The van der Waals surface area contributed by atoms with Crippen molar-refractivity contribution in [3.05, 3.63) is 29.3 Å². The number of nitrogens with two attached hydrogens (primary N) is 3. The predicted molar refractivity (Wildman–Crippen MR) is 127 cm³/mol. The molecule has 0 spiro atoms. The van der Waals surface area contributed by atoms with Crippen molar-refractivity contribution in [2.24, 2.45) is 16.5 Å².